The molecule has 0 bridgehead atoms. The minimum Gasteiger partial charge on any atom is -0.490 e. The maximum absolute atomic E-state index is 13.2. The van der Waals surface area contributed by atoms with Gasteiger partial charge in [-0.05, 0) is 25.0 Å². The van der Waals surface area contributed by atoms with Gasteiger partial charge in [0.2, 0.25) is 0 Å². The van der Waals surface area contributed by atoms with Gasteiger partial charge in [-0.2, -0.15) is 0 Å². The largest absolute Gasteiger partial charge is 0.490 e. The van der Waals surface area contributed by atoms with E-state index in [1.807, 2.05) is 0 Å². The number of rotatable bonds is 5. The first-order valence-corrected chi connectivity index (χ1v) is 9.58. The molecule has 1 saturated carbocycles. The third-order valence-corrected chi connectivity index (χ3v) is 5.43. The van der Waals surface area contributed by atoms with Crippen molar-refractivity contribution in [1.82, 2.24) is 4.90 Å². The molecule has 1 aromatic carbocycles. The fourth-order valence-electron chi connectivity index (χ4n) is 3.79. The van der Waals surface area contributed by atoms with Crippen LogP contribution in [0.5, 0.6) is 5.75 Å². The van der Waals surface area contributed by atoms with E-state index < -0.39 is 17.0 Å². The molecule has 2 fully saturated rings. The Morgan fingerprint density at radius 1 is 1.19 bits per heavy atom. The van der Waals surface area contributed by atoms with E-state index in [1.165, 1.54) is 24.6 Å². The highest BCUT2D eigenvalue weighted by molar-refractivity contribution is 6.30. The molecule has 2 N–H and O–H groups in total. The Morgan fingerprint density at radius 2 is 1.96 bits per heavy atom. The van der Waals surface area contributed by atoms with Gasteiger partial charge in [-0.25, -0.2) is 4.39 Å². The van der Waals surface area contributed by atoms with Crippen molar-refractivity contribution in [3.05, 3.63) is 29.0 Å². The first kappa shape index (κ1) is 19.8. The maximum Gasteiger partial charge on any atom is 0.142 e. The minimum absolute atomic E-state index is 0.00386. The van der Waals surface area contributed by atoms with E-state index in [1.54, 1.807) is 0 Å². The molecule has 26 heavy (non-hydrogen) atoms. The van der Waals surface area contributed by atoms with Crippen LogP contribution in [0.4, 0.5) is 4.39 Å². The first-order chi connectivity index (χ1) is 12.4. The van der Waals surface area contributed by atoms with Gasteiger partial charge in [0.1, 0.15) is 23.8 Å². The van der Waals surface area contributed by atoms with Gasteiger partial charge in [0, 0.05) is 25.7 Å². The van der Waals surface area contributed by atoms with Crippen LogP contribution in [-0.4, -0.2) is 65.8 Å². The van der Waals surface area contributed by atoms with Crippen LogP contribution in [0.2, 0.25) is 5.02 Å². The van der Waals surface area contributed by atoms with E-state index in [9.17, 15) is 14.6 Å². The summed E-state index contributed by atoms with van der Waals surface area (Å²) in [4.78, 5) is 2.05. The molecule has 1 aliphatic carbocycles. The molecule has 7 heteroatoms. The van der Waals surface area contributed by atoms with Crippen LogP contribution in [-0.2, 0) is 4.74 Å². The molecule has 1 heterocycles. The molecule has 0 amide bonds. The summed E-state index contributed by atoms with van der Waals surface area (Å²) in [6, 6.07) is 4.10. The highest BCUT2D eigenvalue weighted by Crippen LogP contribution is 2.30. The van der Waals surface area contributed by atoms with Gasteiger partial charge in [0.15, 0.2) is 0 Å². The van der Waals surface area contributed by atoms with Crippen molar-refractivity contribution in [1.29, 1.82) is 0 Å². The lowest BCUT2D eigenvalue weighted by molar-refractivity contribution is -0.0759. The average molecular weight is 388 g/mol. The second kappa shape index (κ2) is 8.40. The average Bonchev–Trinajstić information content (AvgIpc) is 2.78. The van der Waals surface area contributed by atoms with Gasteiger partial charge in [-0.1, -0.05) is 30.9 Å². The molecule has 0 radical (unpaired) electrons. The number of nitrogens with zero attached hydrogens (tertiary/aromatic N) is 1. The molecular weight excluding hydrogens is 361 g/mol. The third-order valence-electron chi connectivity index (χ3n) is 5.14. The smallest absolute Gasteiger partial charge is 0.142 e. The van der Waals surface area contributed by atoms with E-state index in [4.69, 9.17) is 21.1 Å². The number of hydrogen-bond acceptors (Lipinski definition) is 5. The van der Waals surface area contributed by atoms with Gasteiger partial charge < -0.3 is 19.7 Å². The molecule has 1 saturated heterocycles. The molecule has 3 rings (SSSR count). The SMILES string of the molecule is OC1(CN2CCOCC(O)(COc3ccc(F)c(Cl)c3)C2)CCCCC1. The van der Waals surface area contributed by atoms with E-state index in [0.717, 1.165) is 25.7 Å². The molecular formula is C19H27ClFNO4. The third kappa shape index (κ3) is 5.30. The number of halogens is 2. The van der Waals surface area contributed by atoms with Crippen molar-refractivity contribution in [3.8, 4) is 5.75 Å². The number of β-amino-alcohol motifs (C(OH)–C–C–N with tert-alkyl or cyclic N) is 2. The van der Waals surface area contributed by atoms with E-state index >= 15 is 0 Å². The van der Waals surface area contributed by atoms with E-state index in [2.05, 4.69) is 4.90 Å². The van der Waals surface area contributed by atoms with Gasteiger partial charge in [0.25, 0.3) is 0 Å². The summed E-state index contributed by atoms with van der Waals surface area (Å²) in [5, 5.41) is 21.7. The van der Waals surface area contributed by atoms with Crippen LogP contribution in [0.15, 0.2) is 18.2 Å². The highest BCUT2D eigenvalue weighted by Gasteiger charge is 2.38. The number of hydrogen-bond donors (Lipinski definition) is 2. The van der Waals surface area contributed by atoms with Crippen LogP contribution in [0.3, 0.4) is 0 Å². The lowest BCUT2D eigenvalue weighted by Crippen LogP contribution is -2.53. The van der Waals surface area contributed by atoms with Gasteiger partial charge in [-0.15, -0.1) is 0 Å². The molecule has 1 aliphatic heterocycles. The van der Waals surface area contributed by atoms with E-state index in [-0.39, 0.29) is 18.2 Å². The summed E-state index contributed by atoms with van der Waals surface area (Å²) in [5.41, 5.74) is -1.89. The molecule has 0 aromatic heterocycles. The lowest BCUT2D eigenvalue weighted by Gasteiger charge is -2.38. The summed E-state index contributed by atoms with van der Waals surface area (Å²) in [7, 11) is 0. The van der Waals surface area contributed by atoms with Crippen molar-refractivity contribution in [2.24, 2.45) is 0 Å². The summed E-state index contributed by atoms with van der Waals surface area (Å²) in [5.74, 6) is -0.117. The second-order valence-corrected chi connectivity index (χ2v) is 8.04. The van der Waals surface area contributed by atoms with Crippen LogP contribution in [0.25, 0.3) is 0 Å². The fourth-order valence-corrected chi connectivity index (χ4v) is 3.96. The zero-order valence-corrected chi connectivity index (χ0v) is 15.7. The monoisotopic (exact) mass is 387 g/mol. The van der Waals surface area contributed by atoms with Crippen molar-refractivity contribution >= 4 is 11.6 Å². The number of benzene rings is 1. The summed E-state index contributed by atoms with van der Waals surface area (Å²) in [6.07, 6.45) is 4.85. The predicted octanol–water partition coefficient (Wildman–Crippen LogP) is 2.62. The molecule has 0 spiro atoms. The van der Waals surface area contributed by atoms with Crippen LogP contribution in [0.1, 0.15) is 32.1 Å². The van der Waals surface area contributed by atoms with Crippen LogP contribution < -0.4 is 4.74 Å². The normalized spacial score (nSPS) is 27.1. The van der Waals surface area contributed by atoms with Gasteiger partial charge >= 0.3 is 0 Å². The van der Waals surface area contributed by atoms with Crippen molar-refractivity contribution in [2.45, 2.75) is 43.3 Å². The Kier molecular flexibility index (Phi) is 6.41. The Balaban J connectivity index is 1.60. The zero-order valence-electron chi connectivity index (χ0n) is 14.9. The summed E-state index contributed by atoms with van der Waals surface area (Å²) in [6.45, 7) is 2.19. The topological polar surface area (TPSA) is 62.2 Å². The standard InChI is InChI=1S/C19H27ClFNO4/c20-16-10-15(4-5-17(16)21)26-14-19(24)12-22(8-9-25-13-19)11-18(23)6-2-1-3-7-18/h4-5,10,23-24H,1-3,6-9,11-14H2. The zero-order chi connectivity index (χ0) is 18.6. The van der Waals surface area contributed by atoms with E-state index in [0.29, 0.717) is 32.0 Å². The summed E-state index contributed by atoms with van der Waals surface area (Å²) < 4.78 is 24.4. The van der Waals surface area contributed by atoms with Gasteiger partial charge in [-0.3, -0.25) is 4.90 Å². The molecule has 1 atom stereocenters. The molecule has 146 valence electrons. The lowest BCUT2D eigenvalue weighted by atomic mass is 9.84. The molecule has 5 nitrogen and oxygen atoms in total. The van der Waals surface area contributed by atoms with Crippen LogP contribution in [0, 0.1) is 5.82 Å². The molecule has 2 aliphatic rings. The Morgan fingerprint density at radius 3 is 2.69 bits per heavy atom. The molecule has 1 unspecified atom stereocenters. The van der Waals surface area contributed by atoms with Crippen molar-refractivity contribution in [3.63, 3.8) is 0 Å². The number of ether oxygens (including phenoxy) is 2. The maximum atomic E-state index is 13.2. The predicted molar refractivity (Wildman–Crippen MR) is 97.1 cm³/mol. The Labute approximate surface area is 158 Å². The Hall–Kier alpha value is -0.920. The molecule has 1 aromatic rings. The van der Waals surface area contributed by atoms with Crippen LogP contribution >= 0.6 is 11.6 Å². The van der Waals surface area contributed by atoms with Crippen molar-refractivity contribution < 1.29 is 24.1 Å². The fraction of sp³-hybridized carbons (Fsp3) is 0.684. The quantitative estimate of drug-likeness (QED) is 0.813. The highest BCUT2D eigenvalue weighted by atomic mass is 35.5. The van der Waals surface area contributed by atoms with Gasteiger partial charge in [0.05, 0.1) is 23.8 Å². The van der Waals surface area contributed by atoms with Crippen molar-refractivity contribution in [2.75, 3.05) is 39.5 Å². The summed E-state index contributed by atoms with van der Waals surface area (Å²) >= 11 is 5.76. The minimum atomic E-state index is -1.21. The second-order valence-electron chi connectivity index (χ2n) is 7.64. The first-order valence-electron chi connectivity index (χ1n) is 9.20. The number of aliphatic hydroxyl groups is 2. The Bertz CT molecular complexity index is 611.